The van der Waals surface area contributed by atoms with Crippen molar-refractivity contribution in [1.29, 1.82) is 0 Å². The van der Waals surface area contributed by atoms with Crippen molar-refractivity contribution in [1.82, 2.24) is 20.8 Å². The molecule has 0 radical (unpaired) electrons. The fraction of sp³-hybridized carbons (Fsp3) is 0.633. The van der Waals surface area contributed by atoms with Crippen LogP contribution in [0.5, 0.6) is 5.88 Å². The summed E-state index contributed by atoms with van der Waals surface area (Å²) in [6, 6.07) is 7.03. The molecule has 9 N–H and O–H groups in total. The van der Waals surface area contributed by atoms with Crippen LogP contribution in [0, 0.1) is 0 Å². The van der Waals surface area contributed by atoms with E-state index in [1.54, 1.807) is 13.8 Å². The van der Waals surface area contributed by atoms with Gasteiger partial charge in [0.25, 0.3) is 0 Å². The standard InChI is InChI=1S/C30H46N4O10/c1-16(2)23-20(27(34-33-23)44-28-26(41)25(40)24(39)21(15-37)43-28)12-18-10-8-17(9-11-18)6-5-7-22(38)32-30(3,4)29(42)31-19(13-35)14-36/h8-11,16,19,21,24-26,28,35-37,39-41H,5-7,12-15H2,1-4H3,(H,31,42)(H,32,38)(H,33,34)/t21-,24-,25+,26-,28+/m1/s1. The maximum Gasteiger partial charge on any atom is 0.245 e. The number of amides is 2. The Bertz CT molecular complexity index is 1210. The molecule has 0 aliphatic carbocycles. The van der Waals surface area contributed by atoms with Crippen LogP contribution in [0.4, 0.5) is 0 Å². The Hall–Kier alpha value is -3.11. The smallest absolute Gasteiger partial charge is 0.245 e. The Morgan fingerprint density at radius 3 is 2.25 bits per heavy atom. The quantitative estimate of drug-likeness (QED) is 0.117. The molecule has 14 nitrogen and oxygen atoms in total. The van der Waals surface area contributed by atoms with Gasteiger partial charge in [0.1, 0.15) is 30.0 Å². The van der Waals surface area contributed by atoms with Crippen LogP contribution in [0.3, 0.4) is 0 Å². The van der Waals surface area contributed by atoms with E-state index in [9.17, 15) is 30.0 Å². The first kappa shape index (κ1) is 35.4. The molecule has 1 aromatic heterocycles. The summed E-state index contributed by atoms with van der Waals surface area (Å²) in [5, 5.41) is 70.8. The molecule has 2 heterocycles. The summed E-state index contributed by atoms with van der Waals surface area (Å²) < 4.78 is 11.3. The summed E-state index contributed by atoms with van der Waals surface area (Å²) in [6.45, 7) is 5.68. The molecule has 0 spiro atoms. The Balaban J connectivity index is 1.59. The van der Waals surface area contributed by atoms with Gasteiger partial charge in [-0.05, 0) is 43.7 Å². The predicted octanol–water partition coefficient (Wildman–Crippen LogP) is -1.01. The van der Waals surface area contributed by atoms with Crippen molar-refractivity contribution in [3.8, 4) is 5.88 Å². The first-order valence-electron chi connectivity index (χ1n) is 14.8. The highest BCUT2D eigenvalue weighted by Crippen LogP contribution is 2.31. The van der Waals surface area contributed by atoms with Crippen LogP contribution in [0.2, 0.25) is 0 Å². The van der Waals surface area contributed by atoms with E-state index in [4.69, 9.17) is 19.7 Å². The van der Waals surface area contributed by atoms with Crippen LogP contribution in [-0.4, -0.2) is 115 Å². The van der Waals surface area contributed by atoms with Crippen molar-refractivity contribution in [3.63, 3.8) is 0 Å². The lowest BCUT2D eigenvalue weighted by Crippen LogP contribution is -2.60. The molecular weight excluding hydrogens is 576 g/mol. The van der Waals surface area contributed by atoms with E-state index in [-0.39, 0.29) is 24.1 Å². The predicted molar refractivity (Wildman–Crippen MR) is 158 cm³/mol. The SMILES string of the molecule is CC(C)c1[nH]nc(O[C@@H]2O[C@H](CO)[C@@H](O)[C@H](O)[C@H]2O)c1Cc1ccc(CCCC(=O)NC(C)(C)C(=O)NC(CO)CO)cc1. The number of aromatic amines is 1. The highest BCUT2D eigenvalue weighted by molar-refractivity contribution is 5.90. The minimum atomic E-state index is -1.57. The summed E-state index contributed by atoms with van der Waals surface area (Å²) in [4.78, 5) is 24.9. The second kappa shape index (κ2) is 15.8. The van der Waals surface area contributed by atoms with Gasteiger partial charge in [-0.15, -0.1) is 5.10 Å². The number of ether oxygens (including phenoxy) is 2. The monoisotopic (exact) mass is 622 g/mol. The molecule has 2 aromatic rings. The topological polar surface area (TPSA) is 227 Å². The Labute approximate surface area is 256 Å². The van der Waals surface area contributed by atoms with E-state index in [1.807, 2.05) is 38.1 Å². The molecule has 1 aliphatic rings. The molecule has 0 saturated carbocycles. The summed E-state index contributed by atoms with van der Waals surface area (Å²) in [7, 11) is 0. The van der Waals surface area contributed by atoms with Gasteiger partial charge in [0.05, 0.1) is 25.9 Å². The van der Waals surface area contributed by atoms with Crippen LogP contribution in [-0.2, 0) is 27.2 Å². The van der Waals surface area contributed by atoms with Gasteiger partial charge >= 0.3 is 0 Å². The van der Waals surface area contributed by atoms with Gasteiger partial charge in [0, 0.05) is 24.1 Å². The van der Waals surface area contributed by atoms with Crippen LogP contribution < -0.4 is 15.4 Å². The number of nitrogens with one attached hydrogen (secondary N) is 3. The number of aliphatic hydroxyl groups excluding tert-OH is 6. The number of aryl methyl sites for hydroxylation is 1. The van der Waals surface area contributed by atoms with Crippen LogP contribution in [0.1, 0.15) is 68.8 Å². The Kier molecular flexibility index (Phi) is 12.7. The van der Waals surface area contributed by atoms with Crippen LogP contribution in [0.15, 0.2) is 24.3 Å². The Morgan fingerprint density at radius 2 is 1.66 bits per heavy atom. The van der Waals surface area contributed by atoms with Crippen molar-refractivity contribution in [3.05, 3.63) is 46.6 Å². The van der Waals surface area contributed by atoms with Crippen molar-refractivity contribution >= 4 is 11.8 Å². The molecule has 44 heavy (non-hydrogen) atoms. The first-order valence-corrected chi connectivity index (χ1v) is 14.8. The van der Waals surface area contributed by atoms with Crippen molar-refractivity contribution < 1.29 is 49.7 Å². The zero-order valence-electron chi connectivity index (χ0n) is 25.6. The number of rotatable bonds is 15. The lowest BCUT2D eigenvalue weighted by Gasteiger charge is -2.39. The largest absolute Gasteiger partial charge is 0.443 e. The van der Waals surface area contributed by atoms with Crippen LogP contribution >= 0.6 is 0 Å². The molecule has 1 aromatic carbocycles. The van der Waals surface area contributed by atoms with Crippen molar-refractivity contribution in [2.45, 2.75) is 102 Å². The third kappa shape index (κ3) is 8.97. The second-order valence-corrected chi connectivity index (χ2v) is 11.9. The lowest BCUT2D eigenvalue weighted by molar-refractivity contribution is -0.278. The van der Waals surface area contributed by atoms with E-state index in [1.165, 1.54) is 0 Å². The van der Waals surface area contributed by atoms with E-state index >= 15 is 0 Å². The highest BCUT2D eigenvalue weighted by Gasteiger charge is 2.45. The van der Waals surface area contributed by atoms with Gasteiger partial charge in [-0.2, -0.15) is 0 Å². The summed E-state index contributed by atoms with van der Waals surface area (Å²) in [5.41, 5.74) is 2.30. The minimum absolute atomic E-state index is 0.0666. The average Bonchev–Trinajstić information content (AvgIpc) is 3.38. The molecular formula is C30H46N4O10. The molecule has 2 amide bonds. The summed E-state index contributed by atoms with van der Waals surface area (Å²) >= 11 is 0. The highest BCUT2D eigenvalue weighted by atomic mass is 16.7. The van der Waals surface area contributed by atoms with E-state index in [2.05, 4.69) is 20.8 Å². The molecule has 1 fully saturated rings. The lowest BCUT2D eigenvalue weighted by atomic mass is 9.97. The fourth-order valence-corrected chi connectivity index (χ4v) is 4.85. The van der Waals surface area contributed by atoms with E-state index in [0.29, 0.717) is 19.3 Å². The van der Waals surface area contributed by atoms with Gasteiger partial charge in [0.2, 0.25) is 24.0 Å². The van der Waals surface area contributed by atoms with Gasteiger partial charge in [-0.25, -0.2) is 0 Å². The van der Waals surface area contributed by atoms with Gasteiger partial charge in [-0.1, -0.05) is 38.1 Å². The molecule has 3 rings (SSSR count). The maximum absolute atomic E-state index is 12.5. The molecule has 1 saturated heterocycles. The zero-order valence-corrected chi connectivity index (χ0v) is 25.6. The van der Waals surface area contributed by atoms with Gasteiger partial charge in [0.15, 0.2) is 0 Å². The minimum Gasteiger partial charge on any atom is -0.443 e. The number of aromatic nitrogens is 2. The maximum atomic E-state index is 12.5. The zero-order chi connectivity index (χ0) is 32.6. The Morgan fingerprint density at radius 1 is 1.02 bits per heavy atom. The molecule has 5 atom stereocenters. The first-order chi connectivity index (χ1) is 20.8. The number of aliphatic hydroxyl groups is 6. The molecule has 1 aliphatic heterocycles. The molecule has 246 valence electrons. The fourth-order valence-electron chi connectivity index (χ4n) is 4.85. The number of nitrogens with zero attached hydrogens (tertiary/aromatic N) is 1. The van der Waals surface area contributed by atoms with E-state index in [0.717, 1.165) is 22.4 Å². The summed E-state index contributed by atoms with van der Waals surface area (Å²) in [5.74, 6) is -0.557. The molecule has 14 heteroatoms. The van der Waals surface area contributed by atoms with E-state index < -0.39 is 68.0 Å². The summed E-state index contributed by atoms with van der Waals surface area (Å²) in [6.07, 6.45) is -5.27. The number of hydrogen-bond acceptors (Lipinski definition) is 11. The molecule has 0 bridgehead atoms. The van der Waals surface area contributed by atoms with Crippen molar-refractivity contribution in [2.75, 3.05) is 19.8 Å². The van der Waals surface area contributed by atoms with Crippen molar-refractivity contribution in [2.24, 2.45) is 0 Å². The normalized spacial score (nSPS) is 22.3. The van der Waals surface area contributed by atoms with Gasteiger partial charge < -0.3 is 50.7 Å². The molecule has 0 unspecified atom stereocenters. The second-order valence-electron chi connectivity index (χ2n) is 11.9. The third-order valence-corrected chi connectivity index (χ3v) is 7.58. The number of H-pyrrole nitrogens is 1. The number of hydrogen-bond donors (Lipinski definition) is 9. The third-order valence-electron chi connectivity index (χ3n) is 7.58. The average molecular weight is 623 g/mol. The number of carbonyl (C=O) groups excluding carboxylic acids is 2. The van der Waals surface area contributed by atoms with Gasteiger partial charge in [-0.3, -0.25) is 14.7 Å². The van der Waals surface area contributed by atoms with Crippen LogP contribution in [0.25, 0.3) is 0 Å². The number of carbonyl (C=O) groups is 2. The number of benzene rings is 1.